The van der Waals surface area contributed by atoms with Crippen molar-refractivity contribution in [3.63, 3.8) is 0 Å². The van der Waals surface area contributed by atoms with Gasteiger partial charge in [0.2, 0.25) is 6.41 Å². The molecule has 1 atom stereocenters. The number of hydrogen-bond donors (Lipinski definition) is 1. The fourth-order valence-electron chi connectivity index (χ4n) is 1.60. The summed E-state index contributed by atoms with van der Waals surface area (Å²) in [5.74, 6) is -0.978. The summed E-state index contributed by atoms with van der Waals surface area (Å²) in [6, 6.07) is 2.79. The monoisotopic (exact) mass is 303 g/mol. The topological polar surface area (TPSA) is 57.6 Å². The lowest BCUT2D eigenvalue weighted by Gasteiger charge is -2.23. The van der Waals surface area contributed by atoms with E-state index in [1.165, 1.54) is 16.2 Å². The molecule has 1 fully saturated rings. The first kappa shape index (κ1) is 11.6. The highest BCUT2D eigenvalue weighted by atomic mass is 79.9. The molecule has 2 rings (SSSR count). The quantitative estimate of drug-likeness (QED) is 0.849. The minimum atomic E-state index is -0.978. The average Bonchev–Trinajstić information content (AvgIpc) is 2.98. The van der Waals surface area contributed by atoms with Gasteiger partial charge < -0.3 is 10.0 Å². The van der Waals surface area contributed by atoms with E-state index >= 15 is 0 Å². The summed E-state index contributed by atoms with van der Waals surface area (Å²) in [6.45, 7) is 0. The lowest BCUT2D eigenvalue weighted by molar-refractivity contribution is -0.147. The van der Waals surface area contributed by atoms with Crippen LogP contribution in [0.25, 0.3) is 0 Å². The van der Waals surface area contributed by atoms with Crippen molar-refractivity contribution in [2.24, 2.45) is 0 Å². The normalized spacial score (nSPS) is 16.8. The number of hydrogen-bond acceptors (Lipinski definition) is 3. The first-order valence-corrected chi connectivity index (χ1v) is 6.45. The van der Waals surface area contributed by atoms with Gasteiger partial charge in [-0.1, -0.05) is 0 Å². The number of carboxylic acid groups (broad SMARTS) is 1. The third kappa shape index (κ3) is 2.27. The van der Waals surface area contributed by atoms with Gasteiger partial charge in [-0.25, -0.2) is 4.79 Å². The number of thiophene rings is 1. The third-order valence-corrected chi connectivity index (χ3v) is 4.16. The second-order valence-corrected chi connectivity index (χ2v) is 6.16. The lowest BCUT2D eigenvalue weighted by atomic mass is 10.2. The molecule has 1 aliphatic carbocycles. The Morgan fingerprint density at radius 3 is 2.69 bits per heavy atom. The number of carboxylic acids is 1. The van der Waals surface area contributed by atoms with E-state index in [1.54, 1.807) is 12.1 Å². The largest absolute Gasteiger partial charge is 0.479 e. The molecule has 0 aromatic carbocycles. The van der Waals surface area contributed by atoms with Crippen molar-refractivity contribution in [2.75, 3.05) is 0 Å². The maximum absolute atomic E-state index is 11.2. The summed E-state index contributed by atoms with van der Waals surface area (Å²) in [5.41, 5.74) is 0. The van der Waals surface area contributed by atoms with E-state index in [0.717, 1.165) is 16.6 Å². The van der Waals surface area contributed by atoms with E-state index in [4.69, 9.17) is 0 Å². The highest BCUT2D eigenvalue weighted by Crippen LogP contribution is 2.36. The van der Waals surface area contributed by atoms with Crippen molar-refractivity contribution in [1.82, 2.24) is 4.90 Å². The molecular weight excluding hydrogens is 294 g/mol. The predicted molar refractivity (Wildman–Crippen MR) is 63.3 cm³/mol. The van der Waals surface area contributed by atoms with Gasteiger partial charge in [0.25, 0.3) is 0 Å². The van der Waals surface area contributed by atoms with Crippen LogP contribution in [-0.4, -0.2) is 28.4 Å². The van der Waals surface area contributed by atoms with E-state index in [0.29, 0.717) is 11.3 Å². The molecule has 1 aromatic heterocycles. The van der Waals surface area contributed by atoms with Crippen molar-refractivity contribution >= 4 is 39.6 Å². The van der Waals surface area contributed by atoms with Crippen LogP contribution in [-0.2, 0) is 9.59 Å². The zero-order valence-electron chi connectivity index (χ0n) is 8.30. The second kappa shape index (κ2) is 4.55. The van der Waals surface area contributed by atoms with Gasteiger partial charge in [-0.3, -0.25) is 4.79 Å². The molecule has 0 spiro atoms. The van der Waals surface area contributed by atoms with E-state index in [2.05, 4.69) is 15.9 Å². The van der Waals surface area contributed by atoms with Gasteiger partial charge >= 0.3 is 5.97 Å². The number of aliphatic carboxylic acids is 1. The number of halogens is 1. The number of carbonyl (C=O) groups is 2. The Labute approximate surface area is 105 Å². The number of carbonyl (C=O) groups excluding carboxylic acids is 1. The number of nitrogens with zero attached hydrogens (tertiary/aromatic N) is 1. The molecule has 16 heavy (non-hydrogen) atoms. The van der Waals surface area contributed by atoms with Crippen molar-refractivity contribution in [3.05, 3.63) is 20.8 Å². The maximum atomic E-state index is 11.2. The zero-order valence-corrected chi connectivity index (χ0v) is 10.7. The van der Waals surface area contributed by atoms with Gasteiger partial charge in [-0.2, -0.15) is 0 Å². The van der Waals surface area contributed by atoms with Gasteiger partial charge in [0.05, 0.1) is 3.79 Å². The van der Waals surface area contributed by atoms with Gasteiger partial charge in [0, 0.05) is 10.9 Å². The summed E-state index contributed by atoms with van der Waals surface area (Å²) < 4.78 is 0.871. The van der Waals surface area contributed by atoms with Gasteiger partial charge in [0.1, 0.15) is 0 Å². The average molecular weight is 304 g/mol. The molecule has 0 saturated heterocycles. The van der Waals surface area contributed by atoms with Gasteiger partial charge in [-0.05, 0) is 40.9 Å². The van der Waals surface area contributed by atoms with E-state index in [9.17, 15) is 14.7 Å². The molecule has 86 valence electrons. The van der Waals surface area contributed by atoms with Crippen LogP contribution in [0.15, 0.2) is 15.9 Å². The van der Waals surface area contributed by atoms with Crippen LogP contribution in [0.4, 0.5) is 0 Å². The lowest BCUT2D eigenvalue weighted by Crippen LogP contribution is -2.34. The maximum Gasteiger partial charge on any atom is 0.331 e. The fourth-order valence-corrected chi connectivity index (χ4v) is 3.13. The van der Waals surface area contributed by atoms with Gasteiger partial charge in [-0.15, -0.1) is 11.3 Å². The van der Waals surface area contributed by atoms with Crippen LogP contribution in [0.3, 0.4) is 0 Å². The minimum Gasteiger partial charge on any atom is -0.479 e. The van der Waals surface area contributed by atoms with Gasteiger partial charge in [0.15, 0.2) is 6.04 Å². The van der Waals surface area contributed by atoms with Crippen LogP contribution in [0.1, 0.15) is 23.8 Å². The molecule has 1 aliphatic rings. The van der Waals surface area contributed by atoms with E-state index in [1.807, 2.05) is 0 Å². The van der Waals surface area contributed by atoms with Crippen LogP contribution >= 0.6 is 27.3 Å². The molecule has 1 N–H and O–H groups in total. The van der Waals surface area contributed by atoms with Crippen molar-refractivity contribution in [1.29, 1.82) is 0 Å². The second-order valence-electron chi connectivity index (χ2n) is 3.67. The molecule has 6 heteroatoms. The molecule has 1 unspecified atom stereocenters. The summed E-state index contributed by atoms with van der Waals surface area (Å²) in [4.78, 5) is 24.3. The highest BCUT2D eigenvalue weighted by molar-refractivity contribution is 9.11. The molecule has 1 heterocycles. The third-order valence-electron chi connectivity index (χ3n) is 2.49. The Bertz CT molecular complexity index is 416. The molecule has 1 saturated carbocycles. The SMILES string of the molecule is O=CN(C1CC1)C(C(=O)O)c1ccc(Br)s1. The van der Waals surface area contributed by atoms with E-state index < -0.39 is 12.0 Å². The molecule has 0 bridgehead atoms. The van der Waals surface area contributed by atoms with Crippen LogP contribution in [0.5, 0.6) is 0 Å². The number of rotatable bonds is 5. The first-order valence-electron chi connectivity index (χ1n) is 4.84. The predicted octanol–water partition coefficient (Wildman–Crippen LogP) is 2.26. The minimum absolute atomic E-state index is 0.0967. The Morgan fingerprint density at radius 2 is 2.31 bits per heavy atom. The van der Waals surface area contributed by atoms with Crippen LogP contribution in [0, 0.1) is 0 Å². The standard InChI is InChI=1S/C10H10BrNO3S/c11-8-4-3-7(16-8)9(10(14)15)12(5-13)6-1-2-6/h3-6,9H,1-2H2,(H,14,15). The fraction of sp³-hybridized carbons (Fsp3) is 0.400. The van der Waals surface area contributed by atoms with E-state index in [-0.39, 0.29) is 6.04 Å². The molecule has 1 aromatic rings. The molecule has 0 radical (unpaired) electrons. The molecule has 4 nitrogen and oxygen atoms in total. The molecular formula is C10H10BrNO3S. The Hall–Kier alpha value is -0.880. The van der Waals surface area contributed by atoms with Crippen LogP contribution < -0.4 is 0 Å². The van der Waals surface area contributed by atoms with Crippen molar-refractivity contribution in [3.8, 4) is 0 Å². The summed E-state index contributed by atoms with van der Waals surface area (Å²) in [5, 5.41) is 9.20. The Morgan fingerprint density at radius 1 is 1.62 bits per heavy atom. The summed E-state index contributed by atoms with van der Waals surface area (Å²) in [6.07, 6.45) is 2.44. The first-order chi connectivity index (χ1) is 7.63. The summed E-state index contributed by atoms with van der Waals surface area (Å²) in [7, 11) is 0. The number of amides is 1. The smallest absolute Gasteiger partial charge is 0.331 e. The molecule has 1 amide bonds. The zero-order chi connectivity index (χ0) is 11.7. The van der Waals surface area contributed by atoms with Crippen molar-refractivity contribution < 1.29 is 14.7 Å². The highest BCUT2D eigenvalue weighted by Gasteiger charge is 2.38. The van der Waals surface area contributed by atoms with Crippen LogP contribution in [0.2, 0.25) is 0 Å². The Balaban J connectivity index is 2.28. The molecule has 0 aliphatic heterocycles. The summed E-state index contributed by atoms with van der Waals surface area (Å²) >= 11 is 4.64. The Kier molecular flexibility index (Phi) is 3.30. The van der Waals surface area contributed by atoms with Crippen molar-refractivity contribution in [2.45, 2.75) is 24.9 Å².